The van der Waals surface area contributed by atoms with Crippen molar-refractivity contribution in [3.63, 3.8) is 0 Å². The van der Waals surface area contributed by atoms with Crippen LogP contribution in [0.2, 0.25) is 0 Å². The highest BCUT2D eigenvalue weighted by Crippen LogP contribution is 2.19. The van der Waals surface area contributed by atoms with E-state index in [0.29, 0.717) is 0 Å². The highest BCUT2D eigenvalue weighted by Gasteiger charge is 2.06. The van der Waals surface area contributed by atoms with E-state index in [4.69, 9.17) is 5.73 Å². The van der Waals surface area contributed by atoms with Gasteiger partial charge < -0.3 is 10.6 Å². The summed E-state index contributed by atoms with van der Waals surface area (Å²) in [6, 6.07) is 12.1. The largest absolute Gasteiger partial charge is 0.399 e. The van der Waals surface area contributed by atoms with E-state index in [9.17, 15) is 0 Å². The van der Waals surface area contributed by atoms with Crippen LogP contribution in [0.4, 0.5) is 11.4 Å². The molecule has 2 aromatic rings. The van der Waals surface area contributed by atoms with Crippen molar-refractivity contribution in [2.24, 2.45) is 0 Å². The Kier molecular flexibility index (Phi) is 4.18. The minimum atomic E-state index is 0.805. The molecule has 3 heteroatoms. The van der Waals surface area contributed by atoms with E-state index in [-0.39, 0.29) is 0 Å². The van der Waals surface area contributed by atoms with Gasteiger partial charge in [-0.25, -0.2) is 0 Å². The number of benzene rings is 1. The average molecular weight is 241 g/mol. The first-order valence-electron chi connectivity index (χ1n) is 6.29. The molecule has 0 aliphatic rings. The third-order valence-corrected chi connectivity index (χ3v) is 2.83. The van der Waals surface area contributed by atoms with Crippen LogP contribution in [0.1, 0.15) is 18.9 Å². The lowest BCUT2D eigenvalue weighted by Crippen LogP contribution is -2.23. The Morgan fingerprint density at radius 2 is 2.11 bits per heavy atom. The van der Waals surface area contributed by atoms with Gasteiger partial charge in [-0.3, -0.25) is 4.98 Å². The molecule has 0 bridgehead atoms. The molecule has 94 valence electrons. The lowest BCUT2D eigenvalue weighted by molar-refractivity contribution is 0.765. The first kappa shape index (κ1) is 12.4. The zero-order valence-corrected chi connectivity index (χ0v) is 10.7. The summed E-state index contributed by atoms with van der Waals surface area (Å²) in [6.07, 6.45) is 4.82. The van der Waals surface area contributed by atoms with Crippen LogP contribution >= 0.6 is 0 Å². The maximum atomic E-state index is 5.85. The average Bonchev–Trinajstić information content (AvgIpc) is 2.39. The molecule has 0 saturated heterocycles. The number of nitrogens with zero attached hydrogens (tertiary/aromatic N) is 2. The first-order chi connectivity index (χ1) is 8.79. The second-order valence-electron chi connectivity index (χ2n) is 4.38. The van der Waals surface area contributed by atoms with E-state index in [0.717, 1.165) is 25.2 Å². The Labute approximate surface area is 108 Å². The Bertz CT molecular complexity index is 482. The number of nitrogen functional groups attached to an aromatic ring is 1. The van der Waals surface area contributed by atoms with Crippen molar-refractivity contribution in [1.82, 2.24) is 4.98 Å². The van der Waals surface area contributed by atoms with Crippen LogP contribution in [-0.4, -0.2) is 11.5 Å². The van der Waals surface area contributed by atoms with Crippen molar-refractivity contribution in [2.45, 2.75) is 19.9 Å². The molecule has 0 unspecified atom stereocenters. The van der Waals surface area contributed by atoms with Gasteiger partial charge in [0.1, 0.15) is 0 Å². The van der Waals surface area contributed by atoms with Crippen LogP contribution < -0.4 is 10.6 Å². The smallest absolute Gasteiger partial charge is 0.0444 e. The van der Waals surface area contributed by atoms with Gasteiger partial charge in [0, 0.05) is 36.9 Å². The quantitative estimate of drug-likeness (QED) is 0.818. The molecule has 2 N–H and O–H groups in total. The molecule has 0 amide bonds. The van der Waals surface area contributed by atoms with E-state index in [1.165, 1.54) is 11.3 Å². The molecule has 0 fully saturated rings. The van der Waals surface area contributed by atoms with Crippen molar-refractivity contribution in [3.8, 4) is 0 Å². The maximum Gasteiger partial charge on any atom is 0.0444 e. The number of rotatable bonds is 5. The summed E-state index contributed by atoms with van der Waals surface area (Å²) in [5.41, 5.74) is 9.04. The summed E-state index contributed by atoms with van der Waals surface area (Å²) < 4.78 is 0. The lowest BCUT2D eigenvalue weighted by Gasteiger charge is -2.24. The van der Waals surface area contributed by atoms with Crippen LogP contribution in [0.5, 0.6) is 0 Å². The maximum absolute atomic E-state index is 5.85. The van der Waals surface area contributed by atoms with Gasteiger partial charge >= 0.3 is 0 Å². The number of nitrogens with two attached hydrogens (primary N) is 1. The Morgan fingerprint density at radius 3 is 2.78 bits per heavy atom. The normalized spacial score (nSPS) is 10.3. The van der Waals surface area contributed by atoms with Crippen molar-refractivity contribution >= 4 is 11.4 Å². The Balaban J connectivity index is 2.18. The van der Waals surface area contributed by atoms with Gasteiger partial charge in [-0.15, -0.1) is 0 Å². The molecule has 0 spiro atoms. The van der Waals surface area contributed by atoms with E-state index < -0.39 is 0 Å². The van der Waals surface area contributed by atoms with Gasteiger partial charge in [-0.1, -0.05) is 19.1 Å². The topological polar surface area (TPSA) is 42.2 Å². The van der Waals surface area contributed by atoms with E-state index in [2.05, 4.69) is 28.9 Å². The predicted molar refractivity (Wildman–Crippen MR) is 76.4 cm³/mol. The second-order valence-corrected chi connectivity index (χ2v) is 4.38. The van der Waals surface area contributed by atoms with Gasteiger partial charge in [0.15, 0.2) is 0 Å². The zero-order valence-electron chi connectivity index (χ0n) is 10.7. The zero-order chi connectivity index (χ0) is 12.8. The molecule has 0 atom stereocenters. The summed E-state index contributed by atoms with van der Waals surface area (Å²) in [5.74, 6) is 0. The summed E-state index contributed by atoms with van der Waals surface area (Å²) in [4.78, 5) is 6.48. The van der Waals surface area contributed by atoms with Crippen molar-refractivity contribution in [3.05, 3.63) is 54.4 Å². The standard InChI is InChI=1S/C15H19N3/c1-2-9-18(12-13-5-4-8-17-11-13)15-7-3-6-14(16)10-15/h3-8,10-11H,2,9,12,16H2,1H3. The fraction of sp³-hybridized carbons (Fsp3) is 0.267. The van der Waals surface area contributed by atoms with Crippen LogP contribution in [0, 0.1) is 0 Å². The minimum absolute atomic E-state index is 0.805. The molecular weight excluding hydrogens is 222 g/mol. The van der Waals surface area contributed by atoms with E-state index in [1.54, 1.807) is 6.20 Å². The summed E-state index contributed by atoms with van der Waals surface area (Å²) in [7, 11) is 0. The molecule has 1 aromatic heterocycles. The molecule has 2 rings (SSSR count). The van der Waals surface area contributed by atoms with Gasteiger partial charge in [0.25, 0.3) is 0 Å². The molecule has 1 aromatic carbocycles. The fourth-order valence-electron chi connectivity index (χ4n) is 2.00. The molecular formula is C15H19N3. The third-order valence-electron chi connectivity index (χ3n) is 2.83. The molecule has 18 heavy (non-hydrogen) atoms. The highest BCUT2D eigenvalue weighted by molar-refractivity contribution is 5.56. The van der Waals surface area contributed by atoms with Gasteiger partial charge in [0.05, 0.1) is 0 Å². The highest BCUT2D eigenvalue weighted by atomic mass is 15.1. The van der Waals surface area contributed by atoms with Crippen LogP contribution in [-0.2, 0) is 6.54 Å². The van der Waals surface area contributed by atoms with Gasteiger partial charge in [-0.05, 0) is 36.2 Å². The van der Waals surface area contributed by atoms with E-state index >= 15 is 0 Å². The molecule has 1 heterocycles. The minimum Gasteiger partial charge on any atom is -0.399 e. The Hall–Kier alpha value is -2.03. The summed E-state index contributed by atoms with van der Waals surface area (Å²) in [5, 5.41) is 0. The second kappa shape index (κ2) is 6.05. The summed E-state index contributed by atoms with van der Waals surface area (Å²) in [6.45, 7) is 4.06. The van der Waals surface area contributed by atoms with Crippen molar-refractivity contribution in [2.75, 3.05) is 17.2 Å². The fourth-order valence-corrected chi connectivity index (χ4v) is 2.00. The summed E-state index contributed by atoms with van der Waals surface area (Å²) >= 11 is 0. The SMILES string of the molecule is CCCN(Cc1cccnc1)c1cccc(N)c1. The van der Waals surface area contributed by atoms with Crippen LogP contribution in [0.3, 0.4) is 0 Å². The number of hydrogen-bond acceptors (Lipinski definition) is 3. The Morgan fingerprint density at radius 1 is 1.22 bits per heavy atom. The van der Waals surface area contributed by atoms with Crippen LogP contribution in [0.25, 0.3) is 0 Å². The van der Waals surface area contributed by atoms with E-state index in [1.807, 2.05) is 30.5 Å². The number of anilines is 2. The lowest BCUT2D eigenvalue weighted by atomic mass is 10.2. The van der Waals surface area contributed by atoms with Crippen molar-refractivity contribution < 1.29 is 0 Å². The van der Waals surface area contributed by atoms with Gasteiger partial charge in [-0.2, -0.15) is 0 Å². The molecule has 0 radical (unpaired) electrons. The van der Waals surface area contributed by atoms with Crippen molar-refractivity contribution in [1.29, 1.82) is 0 Å². The predicted octanol–water partition coefficient (Wildman–Crippen LogP) is 3.08. The third kappa shape index (κ3) is 3.23. The molecule has 3 nitrogen and oxygen atoms in total. The number of pyridine rings is 1. The number of aromatic nitrogens is 1. The monoisotopic (exact) mass is 241 g/mol. The molecule has 0 aliphatic heterocycles. The van der Waals surface area contributed by atoms with Gasteiger partial charge in [0.2, 0.25) is 0 Å². The molecule has 0 aliphatic carbocycles. The van der Waals surface area contributed by atoms with Crippen LogP contribution in [0.15, 0.2) is 48.8 Å². The molecule has 0 saturated carbocycles. The number of hydrogen-bond donors (Lipinski definition) is 1. The first-order valence-corrected chi connectivity index (χ1v) is 6.29.